The molecule has 0 spiro atoms. The van der Waals surface area contributed by atoms with E-state index in [2.05, 4.69) is 23.3 Å². The zero-order valence-electron chi connectivity index (χ0n) is 9.92. The van der Waals surface area contributed by atoms with Crippen molar-refractivity contribution in [2.45, 2.75) is 19.9 Å². The third-order valence-corrected chi connectivity index (χ3v) is 3.58. The highest BCUT2D eigenvalue weighted by atomic mass is 32.1. The van der Waals surface area contributed by atoms with Crippen LogP contribution in [0.3, 0.4) is 0 Å². The van der Waals surface area contributed by atoms with Crippen LogP contribution in [0.15, 0.2) is 29.8 Å². The van der Waals surface area contributed by atoms with Gasteiger partial charge in [0.1, 0.15) is 11.9 Å². The molecular weight excluding hydrogens is 250 g/mol. The van der Waals surface area contributed by atoms with Gasteiger partial charge in [0.25, 0.3) is 0 Å². The fourth-order valence-electron chi connectivity index (χ4n) is 1.69. The molecule has 0 aromatic carbocycles. The number of anilines is 1. The molecule has 0 saturated heterocycles. The second-order valence-corrected chi connectivity index (χ2v) is 4.71. The van der Waals surface area contributed by atoms with Gasteiger partial charge in [-0.15, -0.1) is 11.3 Å². The molecule has 6 heteroatoms. The van der Waals surface area contributed by atoms with Crippen LogP contribution in [0.2, 0.25) is 0 Å². The number of nitrogens with one attached hydrogen (secondary N) is 1. The molecule has 0 fully saturated rings. The highest BCUT2D eigenvalue weighted by Crippen LogP contribution is 2.23. The van der Waals surface area contributed by atoms with Crippen LogP contribution < -0.4 is 5.32 Å². The monoisotopic (exact) mass is 263 g/mol. The van der Waals surface area contributed by atoms with Crippen LogP contribution in [-0.2, 0) is 13.0 Å². The molecule has 0 aliphatic rings. The molecular formula is C12H13N3O2S. The minimum atomic E-state index is -0.475. The Morgan fingerprint density at radius 2 is 2.33 bits per heavy atom. The molecule has 2 rings (SSSR count). The number of nitro groups is 1. The summed E-state index contributed by atoms with van der Waals surface area (Å²) in [6.07, 6.45) is 2.39. The minimum absolute atomic E-state index is 0.132. The Bertz CT molecular complexity index is 554. The number of nitrogens with zero attached hydrogens (tertiary/aromatic N) is 2. The molecule has 94 valence electrons. The summed E-state index contributed by atoms with van der Waals surface area (Å²) in [5, 5.41) is 15.9. The van der Waals surface area contributed by atoms with E-state index in [9.17, 15) is 10.1 Å². The number of aromatic nitrogens is 1. The maximum absolute atomic E-state index is 10.8. The molecule has 0 amide bonds. The molecule has 18 heavy (non-hydrogen) atoms. The van der Waals surface area contributed by atoms with E-state index >= 15 is 0 Å². The molecule has 0 radical (unpaired) electrons. The van der Waals surface area contributed by atoms with Crippen molar-refractivity contribution < 1.29 is 4.92 Å². The highest BCUT2D eigenvalue weighted by Gasteiger charge is 2.14. The maximum Gasteiger partial charge on any atom is 0.386 e. The molecule has 2 heterocycles. The van der Waals surface area contributed by atoms with E-state index in [0.717, 1.165) is 6.42 Å². The molecule has 2 aromatic heterocycles. The van der Waals surface area contributed by atoms with Crippen LogP contribution in [0.4, 0.5) is 11.5 Å². The molecule has 0 unspecified atom stereocenters. The summed E-state index contributed by atoms with van der Waals surface area (Å²) in [5.74, 6) is -0.132. The van der Waals surface area contributed by atoms with Crippen LogP contribution in [0, 0.1) is 10.1 Å². The number of thiophene rings is 1. The van der Waals surface area contributed by atoms with Gasteiger partial charge in [0.05, 0.1) is 0 Å². The van der Waals surface area contributed by atoms with Gasteiger partial charge >= 0.3 is 5.82 Å². The molecule has 5 nitrogen and oxygen atoms in total. The van der Waals surface area contributed by atoms with Crippen LogP contribution in [0.1, 0.15) is 17.4 Å². The van der Waals surface area contributed by atoms with Gasteiger partial charge in [0.2, 0.25) is 0 Å². The van der Waals surface area contributed by atoms with Crippen LogP contribution >= 0.6 is 11.3 Å². The van der Waals surface area contributed by atoms with Gasteiger partial charge in [-0.2, -0.15) is 0 Å². The van der Waals surface area contributed by atoms with Gasteiger partial charge in [-0.3, -0.25) is 0 Å². The first-order valence-corrected chi connectivity index (χ1v) is 6.49. The van der Waals surface area contributed by atoms with Crippen molar-refractivity contribution in [2.75, 3.05) is 5.32 Å². The summed E-state index contributed by atoms with van der Waals surface area (Å²) in [7, 11) is 0. The standard InChI is InChI=1S/C12H13N3O2S/c1-2-9-5-7-18-11(9)8-14-10-4-3-6-13-12(10)15(16)17/h3-7,14H,2,8H2,1H3. The highest BCUT2D eigenvalue weighted by molar-refractivity contribution is 7.10. The largest absolute Gasteiger partial charge is 0.386 e. The smallest absolute Gasteiger partial charge is 0.373 e. The van der Waals surface area contributed by atoms with E-state index in [0.29, 0.717) is 12.2 Å². The van der Waals surface area contributed by atoms with Gasteiger partial charge in [-0.1, -0.05) is 6.92 Å². The Balaban J connectivity index is 2.13. The molecule has 2 aromatic rings. The van der Waals surface area contributed by atoms with Crippen LogP contribution in [0.5, 0.6) is 0 Å². The number of hydrogen-bond donors (Lipinski definition) is 1. The summed E-state index contributed by atoms with van der Waals surface area (Å²) < 4.78 is 0. The summed E-state index contributed by atoms with van der Waals surface area (Å²) in [5.41, 5.74) is 1.73. The fraction of sp³-hybridized carbons (Fsp3) is 0.250. The lowest BCUT2D eigenvalue weighted by Crippen LogP contribution is -2.03. The Morgan fingerprint density at radius 3 is 3.06 bits per heavy atom. The zero-order valence-corrected chi connectivity index (χ0v) is 10.7. The van der Waals surface area contributed by atoms with E-state index in [1.165, 1.54) is 16.6 Å². The Kier molecular flexibility index (Phi) is 3.88. The summed E-state index contributed by atoms with van der Waals surface area (Å²) in [6, 6.07) is 5.44. The van der Waals surface area contributed by atoms with E-state index < -0.39 is 4.92 Å². The lowest BCUT2D eigenvalue weighted by molar-refractivity contribution is -0.388. The number of aryl methyl sites for hydroxylation is 1. The first-order chi connectivity index (χ1) is 8.72. The van der Waals surface area contributed by atoms with Crippen molar-refractivity contribution in [1.29, 1.82) is 0 Å². The van der Waals surface area contributed by atoms with E-state index in [1.54, 1.807) is 23.5 Å². The Labute approximate surface area is 109 Å². The van der Waals surface area contributed by atoms with Crippen molar-refractivity contribution in [3.63, 3.8) is 0 Å². The van der Waals surface area contributed by atoms with Crippen molar-refractivity contribution in [3.05, 3.63) is 50.3 Å². The minimum Gasteiger partial charge on any atom is -0.373 e. The van der Waals surface area contributed by atoms with Crippen molar-refractivity contribution >= 4 is 22.8 Å². The lowest BCUT2D eigenvalue weighted by Gasteiger charge is -2.06. The molecule has 0 bridgehead atoms. The molecule has 1 N–H and O–H groups in total. The molecule has 0 atom stereocenters. The first kappa shape index (κ1) is 12.5. The number of hydrogen-bond acceptors (Lipinski definition) is 5. The average molecular weight is 263 g/mol. The normalized spacial score (nSPS) is 10.3. The predicted octanol–water partition coefficient (Wildman–Crippen LogP) is 3.23. The van der Waals surface area contributed by atoms with Gasteiger partial charge in [0, 0.05) is 11.4 Å². The topological polar surface area (TPSA) is 68.1 Å². The second kappa shape index (κ2) is 5.59. The van der Waals surface area contributed by atoms with Crippen molar-refractivity contribution in [2.24, 2.45) is 0 Å². The lowest BCUT2D eigenvalue weighted by atomic mass is 10.2. The number of pyridine rings is 1. The van der Waals surface area contributed by atoms with Crippen molar-refractivity contribution in [1.82, 2.24) is 4.98 Å². The fourth-order valence-corrected chi connectivity index (χ4v) is 2.61. The zero-order chi connectivity index (χ0) is 13.0. The van der Waals surface area contributed by atoms with Gasteiger partial charge in [-0.05, 0) is 45.5 Å². The third kappa shape index (κ3) is 2.65. The van der Waals surface area contributed by atoms with Crippen LogP contribution in [0.25, 0.3) is 0 Å². The van der Waals surface area contributed by atoms with E-state index in [-0.39, 0.29) is 5.82 Å². The van der Waals surface area contributed by atoms with Gasteiger partial charge in [0.15, 0.2) is 0 Å². The SMILES string of the molecule is CCc1ccsc1CNc1cccnc1[N+](=O)[O-]. The molecule has 0 saturated carbocycles. The second-order valence-electron chi connectivity index (χ2n) is 3.71. The summed E-state index contributed by atoms with van der Waals surface area (Å²) in [4.78, 5) is 15.3. The quantitative estimate of drug-likeness (QED) is 0.664. The van der Waals surface area contributed by atoms with E-state index in [4.69, 9.17) is 0 Å². The first-order valence-electron chi connectivity index (χ1n) is 5.61. The third-order valence-electron chi connectivity index (χ3n) is 2.62. The van der Waals surface area contributed by atoms with E-state index in [1.807, 2.05) is 5.38 Å². The maximum atomic E-state index is 10.8. The average Bonchev–Trinajstić information content (AvgIpc) is 2.84. The molecule has 0 aliphatic carbocycles. The number of rotatable bonds is 5. The summed E-state index contributed by atoms with van der Waals surface area (Å²) in [6.45, 7) is 2.69. The summed E-state index contributed by atoms with van der Waals surface area (Å²) >= 11 is 1.65. The van der Waals surface area contributed by atoms with Crippen molar-refractivity contribution in [3.8, 4) is 0 Å². The predicted molar refractivity (Wildman–Crippen MR) is 71.9 cm³/mol. The van der Waals surface area contributed by atoms with Crippen LogP contribution in [-0.4, -0.2) is 9.91 Å². The Morgan fingerprint density at radius 1 is 1.50 bits per heavy atom. The van der Waals surface area contributed by atoms with Gasteiger partial charge < -0.3 is 15.4 Å². The van der Waals surface area contributed by atoms with Gasteiger partial charge in [-0.25, -0.2) is 0 Å². The molecule has 0 aliphatic heterocycles. The Hall–Kier alpha value is -1.95.